The number of hydrogen-bond donors (Lipinski definition) is 1. The topological polar surface area (TPSA) is 38.3 Å². The van der Waals surface area contributed by atoms with Gasteiger partial charge in [-0.3, -0.25) is 0 Å². The number of esters is 1. The number of carbonyl (C=O) groups is 1. The van der Waals surface area contributed by atoms with E-state index in [4.69, 9.17) is 4.74 Å². The maximum Gasteiger partial charge on any atom is 0.337 e. The van der Waals surface area contributed by atoms with Crippen molar-refractivity contribution in [2.24, 2.45) is 11.8 Å². The number of anilines is 1. The van der Waals surface area contributed by atoms with Gasteiger partial charge in [-0.2, -0.15) is 0 Å². The molecule has 2 aliphatic rings. The molecule has 3 rings (SSSR count). The largest absolute Gasteiger partial charge is 0.465 e. The van der Waals surface area contributed by atoms with E-state index >= 15 is 0 Å². The Hall–Kier alpha value is -1.51. The van der Waals surface area contributed by atoms with Crippen molar-refractivity contribution >= 4 is 11.7 Å². The van der Waals surface area contributed by atoms with E-state index in [1.54, 1.807) is 0 Å². The first-order valence-electron chi connectivity index (χ1n) is 7.14. The second-order valence-corrected chi connectivity index (χ2v) is 5.87. The maximum absolute atomic E-state index is 11.5. The predicted molar refractivity (Wildman–Crippen MR) is 75.4 cm³/mol. The van der Waals surface area contributed by atoms with Gasteiger partial charge in [0.15, 0.2) is 0 Å². The highest BCUT2D eigenvalue weighted by molar-refractivity contribution is 5.90. The van der Waals surface area contributed by atoms with Crippen LogP contribution in [-0.4, -0.2) is 19.1 Å². The molecule has 0 aliphatic heterocycles. The second-order valence-electron chi connectivity index (χ2n) is 5.87. The van der Waals surface area contributed by atoms with Crippen LogP contribution in [0.15, 0.2) is 18.2 Å². The molecule has 0 unspecified atom stereocenters. The summed E-state index contributed by atoms with van der Waals surface area (Å²) < 4.78 is 4.75. The average Bonchev–Trinajstić information content (AvgIpc) is 3.29. The van der Waals surface area contributed by atoms with Crippen molar-refractivity contribution in [3.05, 3.63) is 29.3 Å². The molecule has 1 aromatic carbocycles. The van der Waals surface area contributed by atoms with Crippen LogP contribution in [0, 0.1) is 18.8 Å². The van der Waals surface area contributed by atoms with Crippen LogP contribution in [0.1, 0.15) is 41.6 Å². The molecule has 102 valence electrons. The summed E-state index contributed by atoms with van der Waals surface area (Å²) in [5, 5.41) is 3.70. The van der Waals surface area contributed by atoms with Crippen LogP contribution in [-0.2, 0) is 4.74 Å². The number of ether oxygens (including phenoxy) is 1. The fourth-order valence-electron chi connectivity index (χ4n) is 2.78. The molecule has 0 atom stereocenters. The fourth-order valence-corrected chi connectivity index (χ4v) is 2.78. The molecule has 1 aromatic rings. The van der Waals surface area contributed by atoms with Gasteiger partial charge in [0.25, 0.3) is 0 Å². The van der Waals surface area contributed by atoms with E-state index in [1.807, 2.05) is 25.1 Å². The van der Waals surface area contributed by atoms with Crippen molar-refractivity contribution in [1.82, 2.24) is 0 Å². The average molecular weight is 259 g/mol. The van der Waals surface area contributed by atoms with Crippen molar-refractivity contribution in [2.45, 2.75) is 38.6 Å². The Labute approximate surface area is 114 Å². The minimum atomic E-state index is -0.268. The molecule has 0 bridgehead atoms. The monoisotopic (exact) mass is 259 g/mol. The number of nitrogens with one attached hydrogen (secondary N) is 1. The summed E-state index contributed by atoms with van der Waals surface area (Å²) in [6.07, 6.45) is 5.47. The Morgan fingerprint density at radius 2 is 1.89 bits per heavy atom. The van der Waals surface area contributed by atoms with Crippen LogP contribution in [0.3, 0.4) is 0 Å². The first-order valence-corrected chi connectivity index (χ1v) is 7.14. The van der Waals surface area contributed by atoms with Crippen LogP contribution < -0.4 is 5.32 Å². The Kier molecular flexibility index (Phi) is 3.21. The van der Waals surface area contributed by atoms with E-state index in [0.29, 0.717) is 11.6 Å². The zero-order valence-corrected chi connectivity index (χ0v) is 11.6. The van der Waals surface area contributed by atoms with Crippen molar-refractivity contribution in [3.8, 4) is 0 Å². The van der Waals surface area contributed by atoms with Gasteiger partial charge >= 0.3 is 5.97 Å². The third-order valence-corrected chi connectivity index (χ3v) is 4.23. The van der Waals surface area contributed by atoms with Gasteiger partial charge in [-0.05, 0) is 68.2 Å². The molecular weight excluding hydrogens is 238 g/mol. The summed E-state index contributed by atoms with van der Waals surface area (Å²) in [7, 11) is 1.42. The van der Waals surface area contributed by atoms with Gasteiger partial charge in [0.05, 0.1) is 12.7 Å². The van der Waals surface area contributed by atoms with Crippen molar-refractivity contribution < 1.29 is 9.53 Å². The lowest BCUT2D eigenvalue weighted by Crippen LogP contribution is -2.24. The summed E-state index contributed by atoms with van der Waals surface area (Å²) in [5.74, 6) is 1.47. The zero-order valence-electron chi connectivity index (χ0n) is 11.6. The first kappa shape index (κ1) is 12.5. The third kappa shape index (κ3) is 2.75. The van der Waals surface area contributed by atoms with Crippen LogP contribution >= 0.6 is 0 Å². The van der Waals surface area contributed by atoms with E-state index in [-0.39, 0.29) is 5.97 Å². The van der Waals surface area contributed by atoms with Gasteiger partial charge in [0, 0.05) is 11.7 Å². The number of methoxy groups -OCH3 is 1. The quantitative estimate of drug-likeness (QED) is 0.824. The summed E-state index contributed by atoms with van der Waals surface area (Å²) >= 11 is 0. The van der Waals surface area contributed by atoms with Crippen LogP contribution in [0.25, 0.3) is 0 Å². The summed E-state index contributed by atoms with van der Waals surface area (Å²) in [4.78, 5) is 11.5. The molecule has 0 saturated heterocycles. The SMILES string of the molecule is COC(=O)c1ccc(NC(C2CC2)C2CC2)c(C)c1. The first-order chi connectivity index (χ1) is 9.19. The standard InChI is InChI=1S/C16H21NO2/c1-10-9-13(16(18)19-2)7-8-14(10)17-15(11-3-4-11)12-5-6-12/h7-9,11-12,15,17H,3-6H2,1-2H3. The second kappa shape index (κ2) is 4.87. The van der Waals surface area contributed by atoms with Crippen molar-refractivity contribution in [3.63, 3.8) is 0 Å². The lowest BCUT2D eigenvalue weighted by Gasteiger charge is -2.20. The molecule has 0 spiro atoms. The maximum atomic E-state index is 11.5. The van der Waals surface area contributed by atoms with E-state index in [9.17, 15) is 4.79 Å². The smallest absolute Gasteiger partial charge is 0.337 e. The number of benzene rings is 1. The molecule has 1 N–H and O–H groups in total. The molecule has 0 aromatic heterocycles. The highest BCUT2D eigenvalue weighted by Crippen LogP contribution is 2.46. The van der Waals surface area contributed by atoms with Crippen molar-refractivity contribution in [2.75, 3.05) is 12.4 Å². The van der Waals surface area contributed by atoms with Crippen molar-refractivity contribution in [1.29, 1.82) is 0 Å². The molecule has 2 fully saturated rings. The summed E-state index contributed by atoms with van der Waals surface area (Å²) in [5.41, 5.74) is 2.91. The van der Waals surface area contributed by atoms with Crippen LogP contribution in [0.2, 0.25) is 0 Å². The molecule has 19 heavy (non-hydrogen) atoms. The van der Waals surface area contributed by atoms with Gasteiger partial charge in [-0.15, -0.1) is 0 Å². The number of carbonyl (C=O) groups excluding carboxylic acids is 1. The van der Waals surface area contributed by atoms with Gasteiger partial charge < -0.3 is 10.1 Å². The molecule has 0 radical (unpaired) electrons. The van der Waals surface area contributed by atoms with Gasteiger partial charge in [-0.1, -0.05) is 0 Å². The minimum absolute atomic E-state index is 0.268. The van der Waals surface area contributed by atoms with Gasteiger partial charge in [-0.25, -0.2) is 4.79 Å². The molecule has 2 aliphatic carbocycles. The molecular formula is C16H21NO2. The van der Waals surface area contributed by atoms with E-state index in [2.05, 4.69) is 5.32 Å². The highest BCUT2D eigenvalue weighted by Gasteiger charge is 2.41. The molecule has 3 nitrogen and oxygen atoms in total. The molecule has 2 saturated carbocycles. The fraction of sp³-hybridized carbons (Fsp3) is 0.562. The predicted octanol–water partition coefficient (Wildman–Crippen LogP) is 3.38. The Bertz CT molecular complexity index is 478. The van der Waals surface area contributed by atoms with E-state index in [0.717, 1.165) is 23.1 Å². The van der Waals surface area contributed by atoms with E-state index < -0.39 is 0 Å². The molecule has 0 heterocycles. The van der Waals surface area contributed by atoms with Gasteiger partial charge in [0.2, 0.25) is 0 Å². The summed E-state index contributed by atoms with van der Waals surface area (Å²) in [6, 6.07) is 6.41. The number of aryl methyl sites for hydroxylation is 1. The van der Waals surface area contributed by atoms with Gasteiger partial charge in [0.1, 0.15) is 0 Å². The third-order valence-electron chi connectivity index (χ3n) is 4.23. The summed E-state index contributed by atoms with van der Waals surface area (Å²) in [6.45, 7) is 2.05. The van der Waals surface area contributed by atoms with E-state index in [1.165, 1.54) is 32.8 Å². The Balaban J connectivity index is 1.75. The Morgan fingerprint density at radius 1 is 1.26 bits per heavy atom. The Morgan fingerprint density at radius 3 is 2.37 bits per heavy atom. The van der Waals surface area contributed by atoms with Crippen LogP contribution in [0.5, 0.6) is 0 Å². The van der Waals surface area contributed by atoms with Crippen LogP contribution in [0.4, 0.5) is 5.69 Å². The lowest BCUT2D eigenvalue weighted by molar-refractivity contribution is 0.0600. The minimum Gasteiger partial charge on any atom is -0.465 e. The molecule has 3 heteroatoms. The lowest BCUT2D eigenvalue weighted by atomic mass is 10.0. The highest BCUT2D eigenvalue weighted by atomic mass is 16.5. The zero-order chi connectivity index (χ0) is 13.4. The number of rotatable bonds is 5. The normalized spacial score (nSPS) is 18.5. The number of hydrogen-bond acceptors (Lipinski definition) is 3. The molecule has 0 amide bonds.